The molecule has 21 heavy (non-hydrogen) atoms. The van der Waals surface area contributed by atoms with E-state index in [9.17, 15) is 4.79 Å². The highest BCUT2D eigenvalue weighted by molar-refractivity contribution is 9.11. The van der Waals surface area contributed by atoms with Crippen LogP contribution in [-0.2, 0) is 6.42 Å². The van der Waals surface area contributed by atoms with Gasteiger partial charge in [0, 0.05) is 26.5 Å². The number of carbonyl (C=O) groups is 1. The minimum Gasteiger partial charge on any atom is -0.493 e. The molecule has 2 nitrogen and oxygen atoms in total. The zero-order valence-corrected chi connectivity index (χ0v) is 14.3. The predicted molar refractivity (Wildman–Crippen MR) is 90.8 cm³/mol. The number of ether oxygens (including phenoxy) is 1. The lowest BCUT2D eigenvalue weighted by atomic mass is 10.0. The molecule has 0 unspecified atom stereocenters. The third kappa shape index (κ3) is 3.11. The van der Waals surface area contributed by atoms with Gasteiger partial charge >= 0.3 is 0 Å². The third-order valence-corrected chi connectivity index (χ3v) is 4.76. The fraction of sp³-hybridized carbons (Fsp3) is 0.118. The number of rotatable bonds is 3. The second-order valence-corrected chi connectivity index (χ2v) is 6.46. The van der Waals surface area contributed by atoms with E-state index in [0.717, 1.165) is 32.2 Å². The molecule has 2 aromatic carbocycles. The van der Waals surface area contributed by atoms with Gasteiger partial charge in [0.1, 0.15) is 5.75 Å². The molecule has 0 amide bonds. The van der Waals surface area contributed by atoms with Gasteiger partial charge in [-0.1, -0.05) is 37.9 Å². The molecule has 3 rings (SSSR count). The van der Waals surface area contributed by atoms with Gasteiger partial charge in [0.2, 0.25) is 0 Å². The van der Waals surface area contributed by atoms with Gasteiger partial charge in [-0.2, -0.15) is 0 Å². The molecule has 0 aliphatic carbocycles. The molecule has 4 heteroatoms. The van der Waals surface area contributed by atoms with Crippen molar-refractivity contribution >= 4 is 43.7 Å². The third-order valence-electron chi connectivity index (χ3n) is 3.38. The van der Waals surface area contributed by atoms with E-state index in [0.29, 0.717) is 12.2 Å². The van der Waals surface area contributed by atoms with Crippen LogP contribution in [-0.4, -0.2) is 12.4 Å². The topological polar surface area (TPSA) is 26.3 Å². The van der Waals surface area contributed by atoms with E-state index in [1.165, 1.54) is 0 Å². The van der Waals surface area contributed by atoms with Crippen molar-refractivity contribution < 1.29 is 9.53 Å². The normalized spacial score (nSPS) is 13.2. The number of hydrogen-bond acceptors (Lipinski definition) is 2. The summed E-state index contributed by atoms with van der Waals surface area (Å²) in [7, 11) is 0. The summed E-state index contributed by atoms with van der Waals surface area (Å²) in [5.41, 5.74) is 2.75. The zero-order chi connectivity index (χ0) is 14.8. The van der Waals surface area contributed by atoms with Crippen LogP contribution in [0.3, 0.4) is 0 Å². The summed E-state index contributed by atoms with van der Waals surface area (Å²) in [5.74, 6) is 0.886. The van der Waals surface area contributed by atoms with Gasteiger partial charge in [-0.15, -0.1) is 0 Å². The van der Waals surface area contributed by atoms with E-state index in [2.05, 4.69) is 31.9 Å². The smallest absolute Gasteiger partial charge is 0.185 e. The first kappa shape index (κ1) is 14.5. The molecule has 1 heterocycles. The SMILES string of the molecule is O=C(/C=C/c1c(Br)cccc1Br)c1ccc2c(c1)CCO2. The largest absolute Gasteiger partial charge is 0.493 e. The Morgan fingerprint density at radius 3 is 2.67 bits per heavy atom. The molecule has 0 spiro atoms. The van der Waals surface area contributed by atoms with Gasteiger partial charge in [0.05, 0.1) is 6.61 Å². The fourth-order valence-corrected chi connectivity index (χ4v) is 3.53. The number of benzene rings is 2. The van der Waals surface area contributed by atoms with Crippen LogP contribution < -0.4 is 4.74 Å². The molecular formula is C17H12Br2O2. The van der Waals surface area contributed by atoms with E-state index in [1.54, 1.807) is 6.08 Å². The minimum atomic E-state index is -0.00708. The second kappa shape index (κ2) is 6.16. The number of halogens is 2. The van der Waals surface area contributed by atoms with Crippen molar-refractivity contribution in [1.82, 2.24) is 0 Å². The molecule has 0 bridgehead atoms. The standard InChI is InChI=1S/C17H12Br2O2/c18-14-2-1-3-15(19)13(14)5-6-16(20)11-4-7-17-12(10-11)8-9-21-17/h1-7,10H,8-9H2/b6-5+. The van der Waals surface area contributed by atoms with Gasteiger partial charge in [-0.3, -0.25) is 4.79 Å². The Hall–Kier alpha value is -1.39. The summed E-state index contributed by atoms with van der Waals surface area (Å²) in [6.45, 7) is 0.701. The lowest BCUT2D eigenvalue weighted by Gasteiger charge is -2.02. The number of carbonyl (C=O) groups excluding carboxylic acids is 1. The predicted octanol–water partition coefficient (Wildman–Crippen LogP) is 5.04. The molecule has 2 aromatic rings. The Balaban J connectivity index is 1.85. The average molecular weight is 408 g/mol. The van der Waals surface area contributed by atoms with E-state index in [4.69, 9.17) is 4.74 Å². The van der Waals surface area contributed by atoms with Gasteiger partial charge < -0.3 is 4.74 Å². The lowest BCUT2D eigenvalue weighted by Crippen LogP contribution is -1.95. The Labute approximate surface area is 140 Å². The van der Waals surface area contributed by atoms with Crippen molar-refractivity contribution in [2.45, 2.75) is 6.42 Å². The lowest BCUT2D eigenvalue weighted by molar-refractivity contribution is 0.104. The van der Waals surface area contributed by atoms with Crippen LogP contribution in [0.2, 0.25) is 0 Å². The van der Waals surface area contributed by atoms with Gasteiger partial charge in [0.15, 0.2) is 5.78 Å². The zero-order valence-electron chi connectivity index (χ0n) is 11.1. The van der Waals surface area contributed by atoms with Crippen LogP contribution in [0.15, 0.2) is 51.4 Å². The first-order valence-electron chi connectivity index (χ1n) is 6.57. The monoisotopic (exact) mass is 406 g/mol. The molecule has 1 aliphatic rings. The van der Waals surface area contributed by atoms with E-state index in [-0.39, 0.29) is 5.78 Å². The maximum absolute atomic E-state index is 12.3. The fourth-order valence-electron chi connectivity index (χ4n) is 2.27. The molecule has 0 fully saturated rings. The maximum Gasteiger partial charge on any atom is 0.185 e. The van der Waals surface area contributed by atoms with Crippen molar-refractivity contribution in [1.29, 1.82) is 0 Å². The van der Waals surface area contributed by atoms with Gasteiger partial charge in [0.25, 0.3) is 0 Å². The summed E-state index contributed by atoms with van der Waals surface area (Å²) in [6.07, 6.45) is 4.29. The van der Waals surface area contributed by atoms with Gasteiger partial charge in [-0.25, -0.2) is 0 Å². The van der Waals surface area contributed by atoms with Crippen molar-refractivity contribution in [2.75, 3.05) is 6.61 Å². The minimum absolute atomic E-state index is 0.00708. The molecule has 0 saturated heterocycles. The molecule has 106 valence electrons. The van der Waals surface area contributed by atoms with Crippen molar-refractivity contribution in [3.63, 3.8) is 0 Å². The summed E-state index contributed by atoms with van der Waals surface area (Å²) in [4.78, 5) is 12.3. The highest BCUT2D eigenvalue weighted by atomic mass is 79.9. The van der Waals surface area contributed by atoms with Crippen molar-refractivity contribution in [3.8, 4) is 5.75 Å². The molecule has 0 saturated carbocycles. The van der Waals surface area contributed by atoms with Crippen molar-refractivity contribution in [2.24, 2.45) is 0 Å². The highest BCUT2D eigenvalue weighted by Gasteiger charge is 2.14. The Bertz CT molecular complexity index is 715. The molecule has 0 aromatic heterocycles. The van der Waals surface area contributed by atoms with Crippen molar-refractivity contribution in [3.05, 3.63) is 68.1 Å². The first-order valence-corrected chi connectivity index (χ1v) is 8.16. The summed E-state index contributed by atoms with van der Waals surface area (Å²) < 4.78 is 7.35. The number of hydrogen-bond donors (Lipinski definition) is 0. The molecule has 0 radical (unpaired) electrons. The molecule has 0 N–H and O–H groups in total. The van der Waals surface area contributed by atoms with E-state index in [1.807, 2.05) is 42.5 Å². The van der Waals surface area contributed by atoms with Gasteiger partial charge in [-0.05, 0) is 48.0 Å². The van der Waals surface area contributed by atoms with Crippen LogP contribution in [0.4, 0.5) is 0 Å². The van der Waals surface area contributed by atoms with Crippen LogP contribution >= 0.6 is 31.9 Å². The van der Waals surface area contributed by atoms with Crippen LogP contribution in [0.1, 0.15) is 21.5 Å². The average Bonchev–Trinajstić information content (AvgIpc) is 2.93. The summed E-state index contributed by atoms with van der Waals surface area (Å²) >= 11 is 6.97. The summed E-state index contributed by atoms with van der Waals surface area (Å²) in [5, 5.41) is 0. The Morgan fingerprint density at radius 1 is 1.14 bits per heavy atom. The van der Waals surface area contributed by atoms with E-state index < -0.39 is 0 Å². The van der Waals surface area contributed by atoms with Crippen LogP contribution in [0.5, 0.6) is 5.75 Å². The first-order chi connectivity index (χ1) is 10.1. The summed E-state index contributed by atoms with van der Waals surface area (Å²) in [6, 6.07) is 11.4. The number of fused-ring (bicyclic) bond motifs is 1. The Morgan fingerprint density at radius 2 is 1.90 bits per heavy atom. The number of ketones is 1. The molecule has 1 aliphatic heterocycles. The number of allylic oxidation sites excluding steroid dienone is 1. The highest BCUT2D eigenvalue weighted by Crippen LogP contribution is 2.28. The van der Waals surface area contributed by atoms with E-state index >= 15 is 0 Å². The van der Waals surface area contributed by atoms with Crippen LogP contribution in [0, 0.1) is 0 Å². The second-order valence-electron chi connectivity index (χ2n) is 4.75. The molecule has 0 atom stereocenters. The molecular weight excluding hydrogens is 396 g/mol. The quantitative estimate of drug-likeness (QED) is 0.526. The Kier molecular flexibility index (Phi) is 4.27. The maximum atomic E-state index is 12.3. The van der Waals surface area contributed by atoms with Crippen LogP contribution in [0.25, 0.3) is 6.08 Å².